The predicted molar refractivity (Wildman–Crippen MR) is 116 cm³/mol. The highest BCUT2D eigenvalue weighted by Crippen LogP contribution is 2.29. The summed E-state index contributed by atoms with van der Waals surface area (Å²) in [6, 6.07) is 7.13. The third-order valence-corrected chi connectivity index (χ3v) is 4.76. The molecule has 0 spiro atoms. The van der Waals surface area contributed by atoms with E-state index >= 15 is 0 Å². The summed E-state index contributed by atoms with van der Waals surface area (Å²) in [5.74, 6) is 5.55. The third kappa shape index (κ3) is 6.72. The number of hydrogen-bond donors (Lipinski definition) is 1. The van der Waals surface area contributed by atoms with Crippen LogP contribution in [-0.4, -0.2) is 40.1 Å². The van der Waals surface area contributed by atoms with Crippen molar-refractivity contribution in [2.24, 2.45) is 0 Å². The fourth-order valence-electron chi connectivity index (χ4n) is 3.22. The number of rotatable bonds is 2. The van der Waals surface area contributed by atoms with Crippen molar-refractivity contribution in [3.63, 3.8) is 0 Å². The number of carbonyl (C=O) groups is 2. The van der Waals surface area contributed by atoms with Crippen LogP contribution in [-0.2, 0) is 15.7 Å². The van der Waals surface area contributed by atoms with Crippen LogP contribution in [0.2, 0.25) is 0 Å². The maximum absolute atomic E-state index is 12.7. The Morgan fingerprint density at radius 2 is 1.70 bits per heavy atom. The Hall–Kier alpha value is -3.54. The zero-order valence-corrected chi connectivity index (χ0v) is 18.5. The van der Waals surface area contributed by atoms with Gasteiger partial charge in [0.1, 0.15) is 17.5 Å². The average molecular weight is 459 g/mol. The summed E-state index contributed by atoms with van der Waals surface area (Å²) >= 11 is 0. The number of aromatic nitrogens is 1. The van der Waals surface area contributed by atoms with Gasteiger partial charge in [0.25, 0.3) is 0 Å². The zero-order chi connectivity index (χ0) is 24.2. The number of carbonyl (C=O) groups excluding carboxylic acids is 2. The second kappa shape index (κ2) is 9.53. The number of pyridine rings is 1. The van der Waals surface area contributed by atoms with Crippen molar-refractivity contribution >= 4 is 17.8 Å². The number of alkyl halides is 3. The minimum absolute atomic E-state index is 0.302. The van der Waals surface area contributed by atoms with E-state index in [2.05, 4.69) is 22.1 Å². The Labute approximate surface area is 190 Å². The lowest BCUT2D eigenvalue weighted by molar-refractivity contribution is -0.137. The molecule has 1 atom stereocenters. The van der Waals surface area contributed by atoms with Gasteiger partial charge in [0.2, 0.25) is 5.91 Å². The van der Waals surface area contributed by atoms with E-state index in [1.54, 1.807) is 32.9 Å². The summed E-state index contributed by atoms with van der Waals surface area (Å²) in [5.41, 5.74) is -0.422. The fourth-order valence-corrected chi connectivity index (χ4v) is 3.22. The van der Waals surface area contributed by atoms with Crippen molar-refractivity contribution in [1.29, 1.82) is 0 Å². The number of likely N-dealkylation sites (tertiary alicyclic amines) is 1. The van der Waals surface area contributed by atoms with E-state index < -0.39 is 29.5 Å². The molecule has 1 aliphatic heterocycles. The predicted octanol–water partition coefficient (Wildman–Crippen LogP) is 4.84. The van der Waals surface area contributed by atoms with Gasteiger partial charge in [-0.15, -0.1) is 0 Å². The van der Waals surface area contributed by atoms with Gasteiger partial charge in [-0.2, -0.15) is 13.2 Å². The molecular weight excluding hydrogens is 435 g/mol. The van der Waals surface area contributed by atoms with Crippen LogP contribution in [0.5, 0.6) is 0 Å². The molecule has 0 saturated carbocycles. The van der Waals surface area contributed by atoms with Crippen molar-refractivity contribution in [2.45, 2.75) is 51.4 Å². The van der Waals surface area contributed by atoms with E-state index in [0.29, 0.717) is 36.3 Å². The molecule has 0 bridgehead atoms. The van der Waals surface area contributed by atoms with Gasteiger partial charge < -0.3 is 10.1 Å². The van der Waals surface area contributed by atoms with Crippen molar-refractivity contribution in [2.75, 3.05) is 11.9 Å². The molecule has 33 heavy (non-hydrogen) atoms. The lowest BCUT2D eigenvalue weighted by Gasteiger charge is -2.27. The summed E-state index contributed by atoms with van der Waals surface area (Å²) in [6.45, 7) is 5.74. The van der Waals surface area contributed by atoms with Crippen LogP contribution in [0.25, 0.3) is 0 Å². The van der Waals surface area contributed by atoms with Gasteiger partial charge in [-0.3, -0.25) is 9.69 Å². The van der Waals surface area contributed by atoms with E-state index in [1.807, 2.05) is 0 Å². The molecule has 2 amide bonds. The number of nitrogens with one attached hydrogen (secondary N) is 1. The Morgan fingerprint density at radius 3 is 2.27 bits per heavy atom. The smallest absolute Gasteiger partial charge is 0.416 e. The van der Waals surface area contributed by atoms with Gasteiger partial charge in [-0.05, 0) is 70.0 Å². The van der Waals surface area contributed by atoms with Crippen molar-refractivity contribution < 1.29 is 27.5 Å². The fraction of sp³-hybridized carbons (Fsp3) is 0.375. The highest BCUT2D eigenvalue weighted by molar-refractivity contribution is 5.96. The minimum atomic E-state index is -4.39. The molecule has 174 valence electrons. The van der Waals surface area contributed by atoms with E-state index in [-0.39, 0.29) is 5.91 Å². The standard InChI is InChI=1S/C24H24F3N3O3/c1-23(2,3)33-22(32)30-14-4-5-19(30)21(31)29-20-13-10-17(15-28-20)7-6-16-8-11-18(12-9-16)24(25,26)27/h8-13,15,19H,4-5,14H2,1-3H3,(H,28,29,31). The number of anilines is 1. The van der Waals surface area contributed by atoms with Gasteiger partial charge in [-0.1, -0.05) is 11.8 Å². The van der Waals surface area contributed by atoms with E-state index in [9.17, 15) is 22.8 Å². The molecule has 2 heterocycles. The maximum atomic E-state index is 12.7. The summed E-state index contributed by atoms with van der Waals surface area (Å²) in [4.78, 5) is 30.6. The van der Waals surface area contributed by atoms with Crippen molar-refractivity contribution in [3.05, 3.63) is 59.3 Å². The van der Waals surface area contributed by atoms with Gasteiger partial charge in [-0.25, -0.2) is 9.78 Å². The molecule has 1 N–H and O–H groups in total. The van der Waals surface area contributed by atoms with Crippen LogP contribution in [0.1, 0.15) is 50.3 Å². The highest BCUT2D eigenvalue weighted by atomic mass is 19.4. The molecule has 1 aliphatic rings. The first-order chi connectivity index (χ1) is 15.4. The number of halogens is 3. The van der Waals surface area contributed by atoms with E-state index in [0.717, 1.165) is 12.1 Å². The van der Waals surface area contributed by atoms with Crippen molar-refractivity contribution in [1.82, 2.24) is 9.88 Å². The molecule has 1 saturated heterocycles. The quantitative estimate of drug-likeness (QED) is 0.653. The molecule has 0 aliphatic carbocycles. The Balaban J connectivity index is 1.61. The molecule has 9 heteroatoms. The topological polar surface area (TPSA) is 71.5 Å². The van der Waals surface area contributed by atoms with Gasteiger partial charge >= 0.3 is 12.3 Å². The molecule has 1 aromatic carbocycles. The molecular formula is C24H24F3N3O3. The molecule has 1 aromatic heterocycles. The summed E-state index contributed by atoms with van der Waals surface area (Å²) in [7, 11) is 0. The zero-order valence-electron chi connectivity index (χ0n) is 18.5. The van der Waals surface area contributed by atoms with Gasteiger partial charge in [0.05, 0.1) is 5.56 Å². The monoisotopic (exact) mass is 459 g/mol. The van der Waals surface area contributed by atoms with Crippen LogP contribution in [0, 0.1) is 11.8 Å². The summed E-state index contributed by atoms with van der Waals surface area (Å²) in [5, 5.41) is 2.70. The van der Waals surface area contributed by atoms with Crippen LogP contribution < -0.4 is 5.32 Å². The lowest BCUT2D eigenvalue weighted by atomic mass is 10.1. The van der Waals surface area contributed by atoms with Crippen LogP contribution in [0.3, 0.4) is 0 Å². The Bertz CT molecular complexity index is 1060. The first-order valence-corrected chi connectivity index (χ1v) is 10.4. The van der Waals surface area contributed by atoms with Gasteiger partial charge in [0, 0.05) is 23.9 Å². The number of amides is 2. The van der Waals surface area contributed by atoms with Gasteiger partial charge in [0.15, 0.2) is 0 Å². The number of hydrogen-bond acceptors (Lipinski definition) is 4. The number of ether oxygens (including phenoxy) is 1. The molecule has 2 aromatic rings. The van der Waals surface area contributed by atoms with E-state index in [1.165, 1.54) is 23.2 Å². The molecule has 3 rings (SSSR count). The summed E-state index contributed by atoms with van der Waals surface area (Å²) < 4.78 is 43.2. The molecule has 1 fully saturated rings. The largest absolute Gasteiger partial charge is 0.444 e. The van der Waals surface area contributed by atoms with Crippen LogP contribution >= 0.6 is 0 Å². The maximum Gasteiger partial charge on any atom is 0.416 e. The normalized spacial score (nSPS) is 16.1. The molecule has 6 nitrogen and oxygen atoms in total. The third-order valence-electron chi connectivity index (χ3n) is 4.76. The first-order valence-electron chi connectivity index (χ1n) is 10.4. The second-order valence-corrected chi connectivity index (χ2v) is 8.58. The number of nitrogens with zero attached hydrogens (tertiary/aromatic N) is 2. The van der Waals surface area contributed by atoms with Crippen LogP contribution in [0.15, 0.2) is 42.6 Å². The summed E-state index contributed by atoms with van der Waals surface area (Å²) in [6.07, 6.45) is -2.24. The first kappa shape index (κ1) is 24.1. The molecule has 1 unspecified atom stereocenters. The SMILES string of the molecule is CC(C)(C)OC(=O)N1CCCC1C(=O)Nc1ccc(C#Cc2ccc(C(F)(F)F)cc2)cn1. The second-order valence-electron chi connectivity index (χ2n) is 8.58. The van der Waals surface area contributed by atoms with Crippen LogP contribution in [0.4, 0.5) is 23.8 Å². The number of benzene rings is 1. The molecule has 0 radical (unpaired) electrons. The highest BCUT2D eigenvalue weighted by Gasteiger charge is 2.36. The van der Waals surface area contributed by atoms with E-state index in [4.69, 9.17) is 4.74 Å². The minimum Gasteiger partial charge on any atom is -0.444 e. The lowest BCUT2D eigenvalue weighted by Crippen LogP contribution is -2.45. The average Bonchev–Trinajstić information content (AvgIpc) is 3.22. The van der Waals surface area contributed by atoms with Crippen molar-refractivity contribution in [3.8, 4) is 11.8 Å². The Kier molecular flexibility index (Phi) is 6.96. The Morgan fingerprint density at radius 1 is 1.06 bits per heavy atom.